The third kappa shape index (κ3) is 2.17. The molecule has 122 valence electrons. The summed E-state index contributed by atoms with van der Waals surface area (Å²) in [6.45, 7) is 2.12. The van der Waals surface area contributed by atoms with Crippen molar-refractivity contribution in [1.82, 2.24) is 5.32 Å². The number of carboxylic acid groups (broad SMARTS) is 1. The molecule has 0 radical (unpaired) electrons. The Balaban J connectivity index is 1.42. The van der Waals surface area contributed by atoms with E-state index in [4.69, 9.17) is 0 Å². The van der Waals surface area contributed by atoms with Gasteiger partial charge in [-0.2, -0.15) is 0 Å². The standard InChI is InChI=1S/C18H27NO3/c1-9(14-7-10-2-3-11(14)6-10)19-17(20)15-12-4-5-13(8-12)16(15)18(21)22/h9-16H,2-8H2,1H3,(H,19,20)(H,21,22)/p-1. The lowest BCUT2D eigenvalue weighted by Gasteiger charge is -2.34. The molecule has 8 unspecified atom stereocenters. The zero-order valence-electron chi connectivity index (χ0n) is 13.3. The van der Waals surface area contributed by atoms with Crippen LogP contribution in [0.25, 0.3) is 0 Å². The Morgan fingerprint density at radius 1 is 0.955 bits per heavy atom. The van der Waals surface area contributed by atoms with Crippen LogP contribution in [0.2, 0.25) is 0 Å². The number of rotatable bonds is 4. The van der Waals surface area contributed by atoms with E-state index in [1.54, 1.807) is 0 Å². The molecule has 22 heavy (non-hydrogen) atoms. The minimum absolute atomic E-state index is 0.0170. The van der Waals surface area contributed by atoms with Crippen molar-refractivity contribution in [2.45, 2.75) is 57.9 Å². The molecule has 4 aliphatic rings. The van der Waals surface area contributed by atoms with Crippen molar-refractivity contribution < 1.29 is 14.7 Å². The lowest BCUT2D eigenvalue weighted by atomic mass is 9.78. The second-order valence-electron chi connectivity index (χ2n) is 8.34. The van der Waals surface area contributed by atoms with Crippen LogP contribution >= 0.6 is 0 Å². The summed E-state index contributed by atoms with van der Waals surface area (Å²) in [6.07, 6.45) is 8.11. The molecule has 4 bridgehead atoms. The quantitative estimate of drug-likeness (QED) is 0.852. The Bertz CT molecular complexity index is 491. The number of carbonyl (C=O) groups excluding carboxylic acids is 2. The van der Waals surface area contributed by atoms with Gasteiger partial charge in [0.2, 0.25) is 5.91 Å². The topological polar surface area (TPSA) is 69.2 Å². The summed E-state index contributed by atoms with van der Waals surface area (Å²) in [7, 11) is 0. The Labute approximate surface area is 132 Å². The predicted molar refractivity (Wildman–Crippen MR) is 79.4 cm³/mol. The maximum Gasteiger partial charge on any atom is 0.224 e. The predicted octanol–water partition coefficient (Wildman–Crippen LogP) is 1.34. The number of carbonyl (C=O) groups is 2. The molecule has 0 spiro atoms. The van der Waals surface area contributed by atoms with Crippen molar-refractivity contribution in [1.29, 1.82) is 0 Å². The molecule has 1 amide bonds. The average Bonchev–Trinajstić information content (AvgIpc) is 3.24. The first-order chi connectivity index (χ1) is 10.5. The van der Waals surface area contributed by atoms with Crippen molar-refractivity contribution in [3.8, 4) is 0 Å². The number of carboxylic acids is 1. The Morgan fingerprint density at radius 3 is 2.23 bits per heavy atom. The molecule has 4 nitrogen and oxygen atoms in total. The van der Waals surface area contributed by atoms with E-state index in [-0.39, 0.29) is 29.7 Å². The first-order valence-corrected chi connectivity index (χ1v) is 9.05. The zero-order chi connectivity index (χ0) is 15.4. The number of amides is 1. The first-order valence-electron chi connectivity index (χ1n) is 9.05. The lowest BCUT2D eigenvalue weighted by Crippen LogP contribution is -2.49. The monoisotopic (exact) mass is 304 g/mol. The number of hydrogen-bond donors (Lipinski definition) is 1. The van der Waals surface area contributed by atoms with Gasteiger partial charge in [0, 0.05) is 23.8 Å². The van der Waals surface area contributed by atoms with Crippen LogP contribution in [0.1, 0.15) is 51.9 Å². The van der Waals surface area contributed by atoms with E-state index in [9.17, 15) is 14.7 Å². The largest absolute Gasteiger partial charge is 0.550 e. The fraction of sp³-hybridized carbons (Fsp3) is 0.889. The van der Waals surface area contributed by atoms with Gasteiger partial charge in [0.1, 0.15) is 0 Å². The van der Waals surface area contributed by atoms with Crippen molar-refractivity contribution in [3.63, 3.8) is 0 Å². The van der Waals surface area contributed by atoms with E-state index in [1.807, 2.05) is 0 Å². The number of nitrogens with one attached hydrogen (secondary N) is 1. The Hall–Kier alpha value is -1.06. The van der Waals surface area contributed by atoms with E-state index in [0.717, 1.165) is 31.1 Å². The second kappa shape index (κ2) is 5.24. The normalized spacial score (nSPS) is 46.9. The van der Waals surface area contributed by atoms with Gasteiger partial charge in [-0.05, 0) is 75.0 Å². The minimum atomic E-state index is -1.01. The van der Waals surface area contributed by atoms with Gasteiger partial charge in [-0.25, -0.2) is 0 Å². The third-order valence-electron chi connectivity index (χ3n) is 7.30. The van der Waals surface area contributed by atoms with Crippen LogP contribution in [0.15, 0.2) is 0 Å². The van der Waals surface area contributed by atoms with Gasteiger partial charge < -0.3 is 15.2 Å². The number of hydrogen-bond acceptors (Lipinski definition) is 3. The fourth-order valence-electron chi connectivity index (χ4n) is 6.34. The van der Waals surface area contributed by atoms with Crippen LogP contribution in [0.5, 0.6) is 0 Å². The molecule has 0 aromatic carbocycles. The van der Waals surface area contributed by atoms with E-state index < -0.39 is 11.9 Å². The van der Waals surface area contributed by atoms with Crippen LogP contribution in [0.3, 0.4) is 0 Å². The molecule has 4 heteroatoms. The molecule has 4 aliphatic carbocycles. The molecule has 0 saturated heterocycles. The maximum absolute atomic E-state index is 12.7. The summed E-state index contributed by atoms with van der Waals surface area (Å²) in [5, 5.41) is 14.6. The molecule has 0 aliphatic heterocycles. The molecule has 4 fully saturated rings. The third-order valence-corrected chi connectivity index (χ3v) is 7.30. The Kier molecular flexibility index (Phi) is 3.46. The lowest BCUT2D eigenvalue weighted by molar-refractivity contribution is -0.314. The van der Waals surface area contributed by atoms with Crippen LogP contribution in [-0.2, 0) is 9.59 Å². The molecule has 8 atom stereocenters. The van der Waals surface area contributed by atoms with E-state index in [1.165, 1.54) is 25.7 Å². The zero-order valence-corrected chi connectivity index (χ0v) is 13.3. The van der Waals surface area contributed by atoms with Crippen LogP contribution in [-0.4, -0.2) is 17.9 Å². The SMILES string of the molecule is CC(NC(=O)C1C2CCC(C2)C1C(=O)[O-])C1CC2CCC1C2. The van der Waals surface area contributed by atoms with Gasteiger partial charge in [0.05, 0.1) is 0 Å². The highest BCUT2D eigenvalue weighted by Crippen LogP contribution is 2.53. The molecular weight excluding hydrogens is 278 g/mol. The summed E-state index contributed by atoms with van der Waals surface area (Å²) >= 11 is 0. The fourth-order valence-corrected chi connectivity index (χ4v) is 6.34. The molecule has 1 N–H and O–H groups in total. The van der Waals surface area contributed by atoms with Crippen molar-refractivity contribution in [3.05, 3.63) is 0 Å². The van der Waals surface area contributed by atoms with Crippen LogP contribution in [0, 0.1) is 41.4 Å². The molecule has 0 aromatic heterocycles. The van der Waals surface area contributed by atoms with Crippen molar-refractivity contribution in [2.75, 3.05) is 0 Å². The molecule has 0 aromatic rings. The summed E-state index contributed by atoms with van der Waals surface area (Å²) < 4.78 is 0. The van der Waals surface area contributed by atoms with Gasteiger partial charge in [-0.15, -0.1) is 0 Å². The molecule has 4 rings (SSSR count). The summed E-state index contributed by atoms with van der Waals surface area (Å²) in [4.78, 5) is 24.2. The molecule has 0 heterocycles. The van der Waals surface area contributed by atoms with Gasteiger partial charge in [-0.1, -0.05) is 6.42 Å². The van der Waals surface area contributed by atoms with Crippen molar-refractivity contribution >= 4 is 11.9 Å². The summed E-state index contributed by atoms with van der Waals surface area (Å²) in [5.41, 5.74) is 0. The smallest absolute Gasteiger partial charge is 0.224 e. The Morgan fingerprint density at radius 2 is 1.64 bits per heavy atom. The number of aliphatic carboxylic acids is 1. The highest BCUT2D eigenvalue weighted by Gasteiger charge is 2.52. The highest BCUT2D eigenvalue weighted by molar-refractivity contribution is 5.85. The second-order valence-corrected chi connectivity index (χ2v) is 8.34. The van der Waals surface area contributed by atoms with Crippen LogP contribution in [0.4, 0.5) is 0 Å². The first kappa shape index (κ1) is 14.5. The number of fused-ring (bicyclic) bond motifs is 4. The summed E-state index contributed by atoms with van der Waals surface area (Å²) in [5.74, 6) is 0.754. The highest BCUT2D eigenvalue weighted by atomic mass is 16.4. The van der Waals surface area contributed by atoms with Crippen LogP contribution < -0.4 is 10.4 Å². The van der Waals surface area contributed by atoms with E-state index in [0.29, 0.717) is 5.92 Å². The summed E-state index contributed by atoms with van der Waals surface area (Å²) in [6, 6.07) is 0.185. The van der Waals surface area contributed by atoms with Gasteiger partial charge in [0.25, 0.3) is 0 Å². The minimum Gasteiger partial charge on any atom is -0.550 e. The average molecular weight is 304 g/mol. The maximum atomic E-state index is 12.7. The van der Waals surface area contributed by atoms with Gasteiger partial charge in [0.15, 0.2) is 0 Å². The molecule has 4 saturated carbocycles. The van der Waals surface area contributed by atoms with Gasteiger partial charge in [-0.3, -0.25) is 4.79 Å². The molecular formula is C18H26NO3-. The van der Waals surface area contributed by atoms with E-state index in [2.05, 4.69) is 12.2 Å². The van der Waals surface area contributed by atoms with Crippen molar-refractivity contribution in [2.24, 2.45) is 41.4 Å². The van der Waals surface area contributed by atoms with Gasteiger partial charge >= 0.3 is 0 Å². The van der Waals surface area contributed by atoms with E-state index >= 15 is 0 Å².